The molecule has 0 aromatic heterocycles. The summed E-state index contributed by atoms with van der Waals surface area (Å²) in [5.41, 5.74) is 2.24. The number of alkyl halides is 3. The Bertz CT molecular complexity index is 803. The van der Waals surface area contributed by atoms with Gasteiger partial charge in [-0.05, 0) is 66.8 Å². The summed E-state index contributed by atoms with van der Waals surface area (Å²) in [5, 5.41) is 12.6. The molecule has 1 aliphatic rings. The Kier molecular flexibility index (Phi) is 5.70. The number of aliphatic hydroxyl groups excluding tert-OH is 1. The molecule has 1 aliphatic carbocycles. The first kappa shape index (κ1) is 19.2. The van der Waals surface area contributed by atoms with E-state index in [4.69, 9.17) is 4.74 Å². The predicted octanol–water partition coefficient (Wildman–Crippen LogP) is 3.36. The van der Waals surface area contributed by atoms with E-state index in [0.29, 0.717) is 5.56 Å². The van der Waals surface area contributed by atoms with E-state index >= 15 is 0 Å². The third-order valence-electron chi connectivity index (χ3n) is 4.48. The predicted molar refractivity (Wildman–Crippen MR) is 93.7 cm³/mol. The number of fused-ring (bicyclic) bond motifs is 1. The second-order valence-electron chi connectivity index (χ2n) is 6.53. The van der Waals surface area contributed by atoms with E-state index in [9.17, 15) is 23.1 Å². The van der Waals surface area contributed by atoms with E-state index in [2.05, 4.69) is 5.32 Å². The van der Waals surface area contributed by atoms with Gasteiger partial charge in [-0.2, -0.15) is 13.2 Å². The average Bonchev–Trinajstić information content (AvgIpc) is 3.11. The van der Waals surface area contributed by atoms with Crippen LogP contribution in [0, 0.1) is 0 Å². The minimum absolute atomic E-state index is 0.0173. The molecule has 0 aliphatic heterocycles. The Labute approximate surface area is 155 Å². The topological polar surface area (TPSA) is 58.6 Å². The monoisotopic (exact) mass is 379 g/mol. The molecule has 2 aromatic carbocycles. The first-order chi connectivity index (χ1) is 12.8. The second kappa shape index (κ2) is 8.00. The molecule has 1 atom stereocenters. The van der Waals surface area contributed by atoms with Crippen molar-refractivity contribution in [3.8, 4) is 5.75 Å². The molecule has 1 unspecified atom stereocenters. The number of carbonyl (C=O) groups is 1. The Balaban J connectivity index is 1.45. The van der Waals surface area contributed by atoms with Gasteiger partial charge in [0.25, 0.3) is 5.91 Å². The number of benzene rings is 2. The van der Waals surface area contributed by atoms with Crippen LogP contribution >= 0.6 is 0 Å². The molecule has 0 radical (unpaired) electrons. The molecule has 4 nitrogen and oxygen atoms in total. The number of amides is 1. The van der Waals surface area contributed by atoms with Gasteiger partial charge < -0.3 is 15.2 Å². The standard InChI is InChI=1S/C20H20F3NO3/c21-20(22,23)16-6-8-18(9-7-16)27-12-17(25)11-24-19(26)15-5-4-13-2-1-3-14(13)10-15/h4-10,17,25H,1-3,11-12H2,(H,24,26). The van der Waals surface area contributed by atoms with Crippen LogP contribution in [0.3, 0.4) is 0 Å². The van der Waals surface area contributed by atoms with Gasteiger partial charge in [0, 0.05) is 12.1 Å². The summed E-state index contributed by atoms with van der Waals surface area (Å²) in [6.45, 7) is -0.160. The highest BCUT2D eigenvalue weighted by atomic mass is 19.4. The van der Waals surface area contributed by atoms with Gasteiger partial charge in [-0.15, -0.1) is 0 Å². The van der Waals surface area contributed by atoms with Gasteiger partial charge in [0.15, 0.2) is 0 Å². The number of aryl methyl sites for hydroxylation is 2. The maximum atomic E-state index is 12.5. The zero-order valence-electron chi connectivity index (χ0n) is 14.6. The number of ether oxygens (including phenoxy) is 1. The van der Waals surface area contributed by atoms with Crippen molar-refractivity contribution in [3.63, 3.8) is 0 Å². The van der Waals surface area contributed by atoms with Crippen molar-refractivity contribution in [1.29, 1.82) is 0 Å². The molecule has 2 aromatic rings. The highest BCUT2D eigenvalue weighted by Gasteiger charge is 2.30. The summed E-state index contributed by atoms with van der Waals surface area (Å²) < 4.78 is 42.8. The lowest BCUT2D eigenvalue weighted by atomic mass is 10.1. The van der Waals surface area contributed by atoms with Gasteiger partial charge in [0.05, 0.1) is 5.56 Å². The third-order valence-corrected chi connectivity index (χ3v) is 4.48. The van der Waals surface area contributed by atoms with E-state index in [0.717, 1.165) is 31.4 Å². The summed E-state index contributed by atoms with van der Waals surface area (Å²) in [5.74, 6) is -0.0646. The van der Waals surface area contributed by atoms with Gasteiger partial charge >= 0.3 is 6.18 Å². The fourth-order valence-electron chi connectivity index (χ4n) is 3.02. The van der Waals surface area contributed by atoms with Crippen LogP contribution in [0.1, 0.15) is 33.5 Å². The fourth-order valence-corrected chi connectivity index (χ4v) is 3.02. The molecule has 0 bridgehead atoms. The molecule has 1 amide bonds. The summed E-state index contributed by atoms with van der Waals surface area (Å²) in [4.78, 5) is 12.2. The number of aliphatic hydroxyl groups is 1. The maximum Gasteiger partial charge on any atom is 0.416 e. The maximum absolute atomic E-state index is 12.5. The minimum Gasteiger partial charge on any atom is -0.491 e. The largest absolute Gasteiger partial charge is 0.491 e. The number of carbonyl (C=O) groups excluding carboxylic acids is 1. The lowest BCUT2D eigenvalue weighted by Crippen LogP contribution is -2.35. The van der Waals surface area contributed by atoms with Crippen LogP contribution in [0.25, 0.3) is 0 Å². The smallest absolute Gasteiger partial charge is 0.416 e. The van der Waals surface area contributed by atoms with Gasteiger partial charge in [0.2, 0.25) is 0 Å². The zero-order valence-corrected chi connectivity index (χ0v) is 14.6. The SMILES string of the molecule is O=C(NCC(O)COc1ccc(C(F)(F)F)cc1)c1ccc2c(c1)CCC2. The molecule has 7 heteroatoms. The molecular weight excluding hydrogens is 359 g/mol. The molecule has 0 spiro atoms. The quantitative estimate of drug-likeness (QED) is 0.809. The second-order valence-corrected chi connectivity index (χ2v) is 6.53. The van der Waals surface area contributed by atoms with Crippen LogP contribution in [0.4, 0.5) is 13.2 Å². The Hall–Kier alpha value is -2.54. The van der Waals surface area contributed by atoms with Crippen LogP contribution < -0.4 is 10.1 Å². The van der Waals surface area contributed by atoms with Crippen molar-refractivity contribution in [3.05, 3.63) is 64.7 Å². The number of halogens is 3. The van der Waals surface area contributed by atoms with E-state index in [1.165, 1.54) is 23.3 Å². The molecular formula is C20H20F3NO3. The molecule has 2 N–H and O–H groups in total. The van der Waals surface area contributed by atoms with Crippen LogP contribution in [-0.4, -0.2) is 30.3 Å². The van der Waals surface area contributed by atoms with Crippen molar-refractivity contribution >= 4 is 5.91 Å². The Morgan fingerprint density at radius 1 is 1.11 bits per heavy atom. The van der Waals surface area contributed by atoms with Crippen molar-refractivity contribution in [1.82, 2.24) is 5.32 Å². The Morgan fingerprint density at radius 3 is 2.52 bits per heavy atom. The normalized spacial score (nSPS) is 14.5. The van der Waals surface area contributed by atoms with Crippen LogP contribution in [0.5, 0.6) is 5.75 Å². The van der Waals surface area contributed by atoms with E-state index in [-0.39, 0.29) is 24.8 Å². The molecule has 27 heavy (non-hydrogen) atoms. The number of nitrogens with one attached hydrogen (secondary N) is 1. The van der Waals surface area contributed by atoms with Crippen molar-refractivity contribution in [2.75, 3.05) is 13.2 Å². The molecule has 144 valence electrons. The fraction of sp³-hybridized carbons (Fsp3) is 0.350. The van der Waals surface area contributed by atoms with E-state index < -0.39 is 17.8 Å². The van der Waals surface area contributed by atoms with Gasteiger partial charge in [-0.1, -0.05) is 6.07 Å². The highest BCUT2D eigenvalue weighted by molar-refractivity contribution is 5.94. The number of hydrogen-bond acceptors (Lipinski definition) is 3. The first-order valence-corrected chi connectivity index (χ1v) is 8.71. The zero-order chi connectivity index (χ0) is 19.4. The van der Waals surface area contributed by atoms with Gasteiger partial charge in [-0.3, -0.25) is 4.79 Å². The van der Waals surface area contributed by atoms with Gasteiger partial charge in [0.1, 0.15) is 18.5 Å². The Morgan fingerprint density at radius 2 is 1.81 bits per heavy atom. The van der Waals surface area contributed by atoms with Crippen LogP contribution in [0.2, 0.25) is 0 Å². The van der Waals surface area contributed by atoms with E-state index in [1.807, 2.05) is 12.1 Å². The molecule has 3 rings (SSSR count). The van der Waals surface area contributed by atoms with Gasteiger partial charge in [-0.25, -0.2) is 0 Å². The highest BCUT2D eigenvalue weighted by Crippen LogP contribution is 2.30. The van der Waals surface area contributed by atoms with Crippen LogP contribution in [0.15, 0.2) is 42.5 Å². The summed E-state index contributed by atoms with van der Waals surface area (Å²) in [7, 11) is 0. The summed E-state index contributed by atoms with van der Waals surface area (Å²) in [6.07, 6.45) is -2.27. The minimum atomic E-state index is -4.40. The summed E-state index contributed by atoms with van der Waals surface area (Å²) >= 11 is 0. The third kappa shape index (κ3) is 5.01. The lowest BCUT2D eigenvalue weighted by molar-refractivity contribution is -0.137. The summed E-state index contributed by atoms with van der Waals surface area (Å²) in [6, 6.07) is 9.82. The van der Waals surface area contributed by atoms with Crippen LogP contribution in [-0.2, 0) is 19.0 Å². The molecule has 0 fully saturated rings. The van der Waals surface area contributed by atoms with Crippen molar-refractivity contribution < 1.29 is 27.8 Å². The number of rotatable bonds is 6. The van der Waals surface area contributed by atoms with Crippen molar-refractivity contribution in [2.24, 2.45) is 0 Å². The molecule has 0 saturated heterocycles. The van der Waals surface area contributed by atoms with E-state index in [1.54, 1.807) is 6.07 Å². The molecule has 0 heterocycles. The lowest BCUT2D eigenvalue weighted by Gasteiger charge is -2.14. The van der Waals surface area contributed by atoms with Crippen molar-refractivity contribution in [2.45, 2.75) is 31.5 Å². The molecule has 0 saturated carbocycles. The average molecular weight is 379 g/mol. The number of hydrogen-bond donors (Lipinski definition) is 2. The first-order valence-electron chi connectivity index (χ1n) is 8.71.